The number of carboxylic acid groups (broad SMARTS) is 1. The number of alkyl carbamates (subject to hydrolysis) is 1. The molecule has 128 valence electrons. The smallest absolute Gasteiger partial charge is 0.407 e. The number of aliphatic hydroxyl groups is 1. The molecule has 0 saturated heterocycles. The maximum absolute atomic E-state index is 11.8. The van der Waals surface area contributed by atoms with Crippen molar-refractivity contribution in [3.63, 3.8) is 0 Å². The zero-order valence-electron chi connectivity index (χ0n) is 13.7. The Bertz CT molecular complexity index is 405. The van der Waals surface area contributed by atoms with E-state index >= 15 is 0 Å². The van der Waals surface area contributed by atoms with Gasteiger partial charge >= 0.3 is 12.1 Å². The number of amides is 2. The SMILES string of the molecule is CCC[C@H](NC(=O)OC(C)(C)C)C(O)C(=O)N[C@@H](C)C(=O)O. The number of aliphatic carboxylic acids is 1. The zero-order chi connectivity index (χ0) is 17.5. The van der Waals surface area contributed by atoms with Gasteiger partial charge in [0, 0.05) is 0 Å². The van der Waals surface area contributed by atoms with Gasteiger partial charge in [0.1, 0.15) is 11.6 Å². The van der Waals surface area contributed by atoms with Crippen molar-refractivity contribution in [2.75, 3.05) is 0 Å². The number of aliphatic hydroxyl groups excluding tert-OH is 1. The van der Waals surface area contributed by atoms with Crippen LogP contribution >= 0.6 is 0 Å². The van der Waals surface area contributed by atoms with E-state index in [2.05, 4.69) is 10.6 Å². The summed E-state index contributed by atoms with van der Waals surface area (Å²) >= 11 is 0. The third kappa shape index (κ3) is 7.82. The van der Waals surface area contributed by atoms with Crippen molar-refractivity contribution >= 4 is 18.0 Å². The van der Waals surface area contributed by atoms with Crippen LogP contribution in [-0.2, 0) is 14.3 Å². The summed E-state index contributed by atoms with van der Waals surface area (Å²) in [5, 5.41) is 23.3. The highest BCUT2D eigenvalue weighted by molar-refractivity contribution is 5.86. The first kappa shape index (κ1) is 20.2. The van der Waals surface area contributed by atoms with Gasteiger partial charge in [0.25, 0.3) is 5.91 Å². The fraction of sp³-hybridized carbons (Fsp3) is 0.786. The molecule has 0 aromatic rings. The van der Waals surface area contributed by atoms with Gasteiger partial charge < -0.3 is 25.6 Å². The second-order valence-corrected chi connectivity index (χ2v) is 6.05. The summed E-state index contributed by atoms with van der Waals surface area (Å²) in [4.78, 5) is 34.3. The van der Waals surface area contributed by atoms with E-state index in [1.54, 1.807) is 20.8 Å². The van der Waals surface area contributed by atoms with Crippen molar-refractivity contribution in [1.29, 1.82) is 0 Å². The first-order valence-electron chi connectivity index (χ1n) is 7.18. The van der Waals surface area contributed by atoms with Gasteiger partial charge in [-0.2, -0.15) is 0 Å². The lowest BCUT2D eigenvalue weighted by Gasteiger charge is -2.26. The molecule has 3 atom stereocenters. The molecule has 0 radical (unpaired) electrons. The quantitative estimate of drug-likeness (QED) is 0.545. The summed E-state index contributed by atoms with van der Waals surface area (Å²) in [6, 6.07) is -1.99. The van der Waals surface area contributed by atoms with Crippen LogP contribution in [0.1, 0.15) is 47.5 Å². The number of hydrogen-bond acceptors (Lipinski definition) is 5. The Balaban J connectivity index is 4.75. The van der Waals surface area contributed by atoms with Crippen LogP contribution in [0.25, 0.3) is 0 Å². The molecule has 0 aromatic heterocycles. The fourth-order valence-corrected chi connectivity index (χ4v) is 1.62. The Morgan fingerprint density at radius 2 is 1.73 bits per heavy atom. The first-order valence-corrected chi connectivity index (χ1v) is 7.18. The Kier molecular flexibility index (Phi) is 7.86. The van der Waals surface area contributed by atoms with E-state index in [9.17, 15) is 19.5 Å². The summed E-state index contributed by atoms with van der Waals surface area (Å²) in [5.74, 6) is -2.07. The average molecular weight is 318 g/mol. The Hall–Kier alpha value is -1.83. The molecule has 4 N–H and O–H groups in total. The van der Waals surface area contributed by atoms with Crippen molar-refractivity contribution in [2.24, 2.45) is 0 Å². The molecule has 0 fully saturated rings. The number of hydrogen-bond donors (Lipinski definition) is 4. The molecule has 0 heterocycles. The summed E-state index contributed by atoms with van der Waals surface area (Å²) in [6.07, 6.45) is -1.35. The van der Waals surface area contributed by atoms with Gasteiger partial charge in [0.2, 0.25) is 0 Å². The van der Waals surface area contributed by atoms with E-state index in [1.165, 1.54) is 6.92 Å². The molecule has 0 rings (SSSR count). The van der Waals surface area contributed by atoms with Gasteiger partial charge in [-0.05, 0) is 34.1 Å². The van der Waals surface area contributed by atoms with Crippen molar-refractivity contribution in [2.45, 2.75) is 71.2 Å². The fourth-order valence-electron chi connectivity index (χ4n) is 1.62. The van der Waals surface area contributed by atoms with Crippen LogP contribution < -0.4 is 10.6 Å². The van der Waals surface area contributed by atoms with Crippen LogP contribution in [0.3, 0.4) is 0 Å². The standard InChI is InChI=1S/C14H26N2O6/c1-6-7-9(16-13(21)22-14(3,4)5)10(17)11(18)15-8(2)12(19)20/h8-10,17H,6-7H2,1-5H3,(H,15,18)(H,16,21)(H,19,20)/t8-,9-,10?/m0/s1. The van der Waals surface area contributed by atoms with Gasteiger partial charge in [0.05, 0.1) is 6.04 Å². The van der Waals surface area contributed by atoms with Crippen LogP contribution in [0.2, 0.25) is 0 Å². The van der Waals surface area contributed by atoms with Crippen LogP contribution in [0, 0.1) is 0 Å². The van der Waals surface area contributed by atoms with Gasteiger partial charge in [-0.15, -0.1) is 0 Å². The molecule has 0 saturated carbocycles. The van der Waals surface area contributed by atoms with Crippen LogP contribution in [0.15, 0.2) is 0 Å². The van der Waals surface area contributed by atoms with E-state index < -0.39 is 41.8 Å². The molecular formula is C14H26N2O6. The van der Waals surface area contributed by atoms with E-state index in [0.717, 1.165) is 0 Å². The third-order valence-corrected chi connectivity index (χ3v) is 2.68. The predicted molar refractivity (Wildman–Crippen MR) is 79.3 cm³/mol. The largest absolute Gasteiger partial charge is 0.480 e. The minimum atomic E-state index is -1.56. The zero-order valence-corrected chi connectivity index (χ0v) is 13.7. The van der Waals surface area contributed by atoms with Gasteiger partial charge in [-0.1, -0.05) is 13.3 Å². The van der Waals surface area contributed by atoms with Crippen molar-refractivity contribution in [1.82, 2.24) is 10.6 Å². The molecule has 2 amide bonds. The highest BCUT2D eigenvalue weighted by Gasteiger charge is 2.30. The molecule has 0 aromatic carbocycles. The normalized spacial score (nSPS) is 15.4. The minimum Gasteiger partial charge on any atom is -0.480 e. The predicted octanol–water partition coefficient (Wildman–Crippen LogP) is 0.630. The Morgan fingerprint density at radius 3 is 2.14 bits per heavy atom. The summed E-state index contributed by atoms with van der Waals surface area (Å²) in [6.45, 7) is 8.19. The van der Waals surface area contributed by atoms with Gasteiger partial charge in [-0.3, -0.25) is 9.59 Å². The highest BCUT2D eigenvalue weighted by Crippen LogP contribution is 2.09. The minimum absolute atomic E-state index is 0.343. The molecule has 22 heavy (non-hydrogen) atoms. The second-order valence-electron chi connectivity index (χ2n) is 6.05. The molecule has 0 spiro atoms. The lowest BCUT2D eigenvalue weighted by Crippen LogP contribution is -2.53. The van der Waals surface area contributed by atoms with Crippen molar-refractivity contribution in [3.05, 3.63) is 0 Å². The third-order valence-electron chi connectivity index (χ3n) is 2.68. The summed E-state index contributed by atoms with van der Waals surface area (Å²) in [5.41, 5.74) is -0.702. The molecular weight excluding hydrogens is 292 g/mol. The van der Waals surface area contributed by atoms with Crippen LogP contribution in [0.5, 0.6) is 0 Å². The Labute approximate surface area is 130 Å². The Morgan fingerprint density at radius 1 is 1.18 bits per heavy atom. The number of rotatable bonds is 7. The van der Waals surface area contributed by atoms with Crippen molar-refractivity contribution < 1.29 is 29.3 Å². The van der Waals surface area contributed by atoms with E-state index in [0.29, 0.717) is 12.8 Å². The first-order chi connectivity index (χ1) is 9.97. The maximum atomic E-state index is 11.8. The molecule has 8 heteroatoms. The van der Waals surface area contributed by atoms with E-state index in [1.807, 2.05) is 6.92 Å². The monoisotopic (exact) mass is 318 g/mol. The number of carbonyl (C=O) groups is 3. The number of carboxylic acids is 1. The van der Waals surface area contributed by atoms with Crippen molar-refractivity contribution in [3.8, 4) is 0 Å². The number of carbonyl (C=O) groups excluding carboxylic acids is 2. The molecule has 0 aliphatic heterocycles. The van der Waals surface area contributed by atoms with E-state index in [-0.39, 0.29) is 0 Å². The van der Waals surface area contributed by atoms with E-state index in [4.69, 9.17) is 9.84 Å². The van der Waals surface area contributed by atoms with Gasteiger partial charge in [0.15, 0.2) is 6.10 Å². The average Bonchev–Trinajstić information content (AvgIpc) is 2.34. The molecule has 8 nitrogen and oxygen atoms in total. The maximum Gasteiger partial charge on any atom is 0.407 e. The molecule has 0 aliphatic rings. The topological polar surface area (TPSA) is 125 Å². The summed E-state index contributed by atoms with van der Waals surface area (Å²) < 4.78 is 5.08. The summed E-state index contributed by atoms with van der Waals surface area (Å²) in [7, 11) is 0. The highest BCUT2D eigenvalue weighted by atomic mass is 16.6. The lowest BCUT2D eigenvalue weighted by molar-refractivity contribution is -0.143. The van der Waals surface area contributed by atoms with Crippen LogP contribution in [-0.4, -0.2) is 52.0 Å². The van der Waals surface area contributed by atoms with Gasteiger partial charge in [-0.25, -0.2) is 4.79 Å². The lowest BCUT2D eigenvalue weighted by atomic mass is 10.0. The number of nitrogens with one attached hydrogen (secondary N) is 2. The second kappa shape index (κ2) is 8.57. The molecule has 1 unspecified atom stereocenters. The molecule has 0 bridgehead atoms. The number of ether oxygens (including phenoxy) is 1. The van der Waals surface area contributed by atoms with Crippen LogP contribution in [0.4, 0.5) is 4.79 Å². The molecule has 0 aliphatic carbocycles.